The van der Waals surface area contributed by atoms with Gasteiger partial charge in [-0.3, -0.25) is 0 Å². The molecule has 0 amide bonds. The van der Waals surface area contributed by atoms with Gasteiger partial charge in [0, 0.05) is 16.2 Å². The van der Waals surface area contributed by atoms with Crippen molar-refractivity contribution in [1.82, 2.24) is 15.1 Å². The van der Waals surface area contributed by atoms with Gasteiger partial charge in [-0.1, -0.05) is 12.1 Å². The number of para-hydroxylation sites is 1. The van der Waals surface area contributed by atoms with Crippen LogP contribution in [0, 0.1) is 0 Å². The number of nitrogens with zero attached hydrogens (tertiary/aromatic N) is 2. The van der Waals surface area contributed by atoms with Gasteiger partial charge in [-0.15, -0.1) is 0 Å². The maximum atomic E-state index is 4.44. The Hall–Kier alpha value is -1.13. The van der Waals surface area contributed by atoms with E-state index in [0.29, 0.717) is 0 Å². The third kappa shape index (κ3) is 4.46. The van der Waals surface area contributed by atoms with Gasteiger partial charge in [-0.25, -0.2) is 4.68 Å². The predicted molar refractivity (Wildman–Crippen MR) is 87.3 cm³/mol. The van der Waals surface area contributed by atoms with Crippen molar-refractivity contribution in [3.05, 3.63) is 46.7 Å². The summed E-state index contributed by atoms with van der Waals surface area (Å²) >= 11 is 3.56. The van der Waals surface area contributed by atoms with E-state index in [4.69, 9.17) is 0 Å². The van der Waals surface area contributed by atoms with Crippen molar-refractivity contribution in [2.24, 2.45) is 0 Å². The standard InChI is InChI=1S/C16H22BrN3/c1-16(2,3)18-10-6-7-13-11-19-20(12-13)15-9-5-4-8-14(15)17/h4-5,8-9,11-12,18H,6-7,10H2,1-3H3. The van der Waals surface area contributed by atoms with Gasteiger partial charge >= 0.3 is 0 Å². The molecule has 0 aliphatic heterocycles. The summed E-state index contributed by atoms with van der Waals surface area (Å²) in [5, 5.41) is 7.95. The van der Waals surface area contributed by atoms with Gasteiger partial charge in [0.25, 0.3) is 0 Å². The highest BCUT2D eigenvalue weighted by Crippen LogP contribution is 2.20. The smallest absolute Gasteiger partial charge is 0.0787 e. The highest BCUT2D eigenvalue weighted by Gasteiger charge is 2.08. The largest absolute Gasteiger partial charge is 0.312 e. The first kappa shape index (κ1) is 15.3. The number of hydrogen-bond acceptors (Lipinski definition) is 2. The predicted octanol–water partition coefficient (Wildman–Crippen LogP) is 3.96. The van der Waals surface area contributed by atoms with Crippen LogP contribution in [0.3, 0.4) is 0 Å². The fraction of sp³-hybridized carbons (Fsp3) is 0.438. The molecule has 0 fully saturated rings. The van der Waals surface area contributed by atoms with Gasteiger partial charge in [-0.05, 0) is 73.8 Å². The van der Waals surface area contributed by atoms with E-state index in [2.05, 4.69) is 59.4 Å². The van der Waals surface area contributed by atoms with Crippen LogP contribution in [-0.4, -0.2) is 21.9 Å². The van der Waals surface area contributed by atoms with E-state index in [1.807, 2.05) is 29.1 Å². The zero-order valence-corrected chi connectivity index (χ0v) is 13.9. The van der Waals surface area contributed by atoms with E-state index in [9.17, 15) is 0 Å². The van der Waals surface area contributed by atoms with Crippen LogP contribution in [0.15, 0.2) is 41.1 Å². The molecule has 0 saturated carbocycles. The molecule has 1 aromatic heterocycles. The minimum Gasteiger partial charge on any atom is -0.312 e. The monoisotopic (exact) mass is 335 g/mol. The lowest BCUT2D eigenvalue weighted by atomic mass is 10.1. The Labute approximate surface area is 129 Å². The molecule has 0 spiro atoms. The minimum atomic E-state index is 0.194. The zero-order chi connectivity index (χ0) is 14.6. The molecule has 2 rings (SSSR count). The van der Waals surface area contributed by atoms with Crippen LogP contribution in [0.4, 0.5) is 0 Å². The van der Waals surface area contributed by atoms with Crippen LogP contribution < -0.4 is 5.32 Å². The molecule has 3 nitrogen and oxygen atoms in total. The van der Waals surface area contributed by atoms with Crippen molar-refractivity contribution >= 4 is 15.9 Å². The number of nitrogens with one attached hydrogen (secondary N) is 1. The SMILES string of the molecule is CC(C)(C)NCCCc1cnn(-c2ccccc2Br)c1. The molecule has 108 valence electrons. The molecular weight excluding hydrogens is 314 g/mol. The van der Waals surface area contributed by atoms with Crippen molar-refractivity contribution in [2.45, 2.75) is 39.2 Å². The van der Waals surface area contributed by atoms with Crippen LogP contribution >= 0.6 is 15.9 Å². The van der Waals surface area contributed by atoms with E-state index < -0.39 is 0 Å². The highest BCUT2D eigenvalue weighted by atomic mass is 79.9. The molecule has 1 heterocycles. The lowest BCUT2D eigenvalue weighted by Crippen LogP contribution is -2.36. The Balaban J connectivity index is 1.92. The second-order valence-electron chi connectivity index (χ2n) is 6.02. The van der Waals surface area contributed by atoms with E-state index in [1.165, 1.54) is 5.56 Å². The zero-order valence-electron chi connectivity index (χ0n) is 12.4. The highest BCUT2D eigenvalue weighted by molar-refractivity contribution is 9.10. The van der Waals surface area contributed by atoms with Crippen LogP contribution in [0.5, 0.6) is 0 Å². The average Bonchev–Trinajstić information content (AvgIpc) is 2.83. The molecule has 1 N–H and O–H groups in total. The average molecular weight is 336 g/mol. The third-order valence-corrected chi connectivity index (χ3v) is 3.70. The summed E-state index contributed by atoms with van der Waals surface area (Å²) in [6, 6.07) is 8.12. The first-order valence-corrected chi connectivity index (χ1v) is 7.78. The summed E-state index contributed by atoms with van der Waals surface area (Å²) < 4.78 is 2.99. The number of benzene rings is 1. The lowest BCUT2D eigenvalue weighted by molar-refractivity contribution is 0.422. The van der Waals surface area contributed by atoms with Gasteiger partial charge in [0.05, 0.1) is 11.9 Å². The van der Waals surface area contributed by atoms with Gasteiger partial charge in [0.15, 0.2) is 0 Å². The second kappa shape index (κ2) is 6.55. The van der Waals surface area contributed by atoms with Crippen molar-refractivity contribution in [1.29, 1.82) is 0 Å². The molecule has 0 aliphatic rings. The number of rotatable bonds is 5. The Kier molecular flexibility index (Phi) is 5.00. The first-order chi connectivity index (χ1) is 9.46. The Morgan fingerprint density at radius 3 is 2.70 bits per heavy atom. The molecule has 1 aromatic carbocycles. The Morgan fingerprint density at radius 1 is 1.25 bits per heavy atom. The molecule has 0 unspecified atom stereocenters. The number of halogens is 1. The first-order valence-electron chi connectivity index (χ1n) is 6.99. The summed E-state index contributed by atoms with van der Waals surface area (Å²) in [5.41, 5.74) is 2.54. The summed E-state index contributed by atoms with van der Waals surface area (Å²) in [6.07, 6.45) is 6.24. The summed E-state index contributed by atoms with van der Waals surface area (Å²) in [7, 11) is 0. The quantitative estimate of drug-likeness (QED) is 0.838. The van der Waals surface area contributed by atoms with E-state index in [1.54, 1.807) is 0 Å². The van der Waals surface area contributed by atoms with Crippen LogP contribution in [0.2, 0.25) is 0 Å². The summed E-state index contributed by atoms with van der Waals surface area (Å²) in [5.74, 6) is 0. The van der Waals surface area contributed by atoms with Crippen molar-refractivity contribution < 1.29 is 0 Å². The fourth-order valence-corrected chi connectivity index (χ4v) is 2.48. The Bertz CT molecular complexity index is 555. The van der Waals surface area contributed by atoms with Crippen LogP contribution in [0.25, 0.3) is 5.69 Å². The van der Waals surface area contributed by atoms with E-state index >= 15 is 0 Å². The maximum absolute atomic E-state index is 4.44. The normalized spacial score (nSPS) is 11.8. The maximum Gasteiger partial charge on any atom is 0.0787 e. The van der Waals surface area contributed by atoms with Gasteiger partial charge in [-0.2, -0.15) is 5.10 Å². The lowest BCUT2D eigenvalue weighted by Gasteiger charge is -2.20. The molecule has 20 heavy (non-hydrogen) atoms. The summed E-state index contributed by atoms with van der Waals surface area (Å²) in [4.78, 5) is 0. The topological polar surface area (TPSA) is 29.9 Å². The molecular formula is C16H22BrN3. The van der Waals surface area contributed by atoms with Crippen molar-refractivity contribution in [3.63, 3.8) is 0 Å². The van der Waals surface area contributed by atoms with Crippen molar-refractivity contribution in [3.8, 4) is 5.69 Å². The van der Waals surface area contributed by atoms with Gasteiger partial charge < -0.3 is 5.32 Å². The summed E-state index contributed by atoms with van der Waals surface area (Å²) in [6.45, 7) is 7.61. The van der Waals surface area contributed by atoms with Gasteiger partial charge in [0.1, 0.15) is 0 Å². The Morgan fingerprint density at radius 2 is 2.00 bits per heavy atom. The molecule has 0 atom stereocenters. The van der Waals surface area contributed by atoms with E-state index in [0.717, 1.165) is 29.5 Å². The minimum absolute atomic E-state index is 0.194. The number of hydrogen-bond donors (Lipinski definition) is 1. The fourth-order valence-electron chi connectivity index (χ4n) is 2.01. The molecule has 0 aliphatic carbocycles. The van der Waals surface area contributed by atoms with Crippen LogP contribution in [-0.2, 0) is 6.42 Å². The number of aryl methyl sites for hydroxylation is 1. The molecule has 0 radical (unpaired) electrons. The second-order valence-corrected chi connectivity index (χ2v) is 6.88. The molecule has 4 heteroatoms. The van der Waals surface area contributed by atoms with E-state index in [-0.39, 0.29) is 5.54 Å². The molecule has 0 saturated heterocycles. The number of aromatic nitrogens is 2. The van der Waals surface area contributed by atoms with Crippen LogP contribution in [0.1, 0.15) is 32.8 Å². The third-order valence-electron chi connectivity index (χ3n) is 3.03. The molecule has 0 bridgehead atoms. The molecule has 2 aromatic rings. The van der Waals surface area contributed by atoms with Crippen molar-refractivity contribution in [2.75, 3.05) is 6.54 Å². The van der Waals surface area contributed by atoms with Gasteiger partial charge in [0.2, 0.25) is 0 Å².